The number of carbonyl (C=O) groups excluding carboxylic acids is 1. The highest BCUT2D eigenvalue weighted by Gasteiger charge is 2.28. The molecule has 1 aromatic heterocycles. The first-order chi connectivity index (χ1) is 21.4. The number of H-pyrrole nitrogens is 1. The minimum absolute atomic E-state index is 0.0343. The Morgan fingerprint density at radius 2 is 1.34 bits per heavy atom. The SMILES string of the molecule is COC(=O)c1ccc2c(C(=Nc3ccc(C(N)(Cc4ccccc4)Cc4ccccc4)cc3)c3ccccc3)c(O)[nH]c2c1. The van der Waals surface area contributed by atoms with Gasteiger partial charge in [0.05, 0.1) is 29.6 Å². The molecule has 6 nitrogen and oxygen atoms in total. The molecular weight excluding hydrogens is 546 g/mol. The number of nitrogens with two attached hydrogens (primary N) is 1. The van der Waals surface area contributed by atoms with Crippen molar-refractivity contribution in [3.63, 3.8) is 0 Å². The first-order valence-electron chi connectivity index (χ1n) is 14.5. The number of esters is 1. The van der Waals surface area contributed by atoms with Crippen LogP contribution in [0.5, 0.6) is 5.88 Å². The van der Waals surface area contributed by atoms with Crippen LogP contribution < -0.4 is 5.73 Å². The Labute approximate surface area is 256 Å². The number of aromatic amines is 1. The van der Waals surface area contributed by atoms with E-state index in [9.17, 15) is 9.90 Å². The zero-order chi connectivity index (χ0) is 30.5. The molecule has 0 aliphatic heterocycles. The van der Waals surface area contributed by atoms with E-state index in [-0.39, 0.29) is 5.88 Å². The second-order valence-electron chi connectivity index (χ2n) is 11.0. The summed E-state index contributed by atoms with van der Waals surface area (Å²) in [6, 6.07) is 43.5. The summed E-state index contributed by atoms with van der Waals surface area (Å²) in [6.45, 7) is 0. The molecule has 0 aliphatic carbocycles. The number of rotatable bonds is 9. The second-order valence-corrected chi connectivity index (χ2v) is 11.0. The molecule has 0 saturated heterocycles. The maximum Gasteiger partial charge on any atom is 0.337 e. The predicted octanol–water partition coefficient (Wildman–Crippen LogP) is 7.47. The largest absolute Gasteiger partial charge is 0.494 e. The summed E-state index contributed by atoms with van der Waals surface area (Å²) in [5.74, 6) is -0.483. The number of aromatic hydroxyl groups is 1. The summed E-state index contributed by atoms with van der Waals surface area (Å²) in [6.07, 6.45) is 1.36. The Kier molecular flexibility index (Phi) is 8.08. The van der Waals surface area contributed by atoms with Gasteiger partial charge in [-0.2, -0.15) is 0 Å². The van der Waals surface area contributed by atoms with Gasteiger partial charge in [0.1, 0.15) is 0 Å². The summed E-state index contributed by atoms with van der Waals surface area (Å²) in [5.41, 5.74) is 13.6. The van der Waals surface area contributed by atoms with E-state index in [1.807, 2.05) is 91.0 Å². The molecule has 0 atom stereocenters. The average Bonchev–Trinajstić information content (AvgIpc) is 3.39. The Hall–Kier alpha value is -5.46. The minimum atomic E-state index is -0.639. The molecule has 0 fully saturated rings. The molecule has 0 spiro atoms. The smallest absolute Gasteiger partial charge is 0.337 e. The first kappa shape index (κ1) is 28.6. The van der Waals surface area contributed by atoms with Gasteiger partial charge in [0, 0.05) is 22.0 Å². The molecule has 0 bridgehead atoms. The number of methoxy groups -OCH3 is 1. The van der Waals surface area contributed by atoms with E-state index in [1.54, 1.807) is 18.2 Å². The lowest BCUT2D eigenvalue weighted by Gasteiger charge is -2.31. The van der Waals surface area contributed by atoms with Gasteiger partial charge in [0.25, 0.3) is 0 Å². The maximum absolute atomic E-state index is 12.1. The topological polar surface area (TPSA) is 101 Å². The minimum Gasteiger partial charge on any atom is -0.494 e. The third kappa shape index (κ3) is 6.02. The van der Waals surface area contributed by atoms with E-state index in [0.29, 0.717) is 40.9 Å². The first-order valence-corrected chi connectivity index (χ1v) is 14.5. The van der Waals surface area contributed by atoms with Gasteiger partial charge in [0.15, 0.2) is 5.88 Å². The van der Waals surface area contributed by atoms with Crippen molar-refractivity contribution in [3.05, 3.63) is 167 Å². The van der Waals surface area contributed by atoms with E-state index >= 15 is 0 Å². The van der Waals surface area contributed by atoms with Crippen LogP contribution in [0.25, 0.3) is 10.9 Å². The molecule has 1 heterocycles. The summed E-state index contributed by atoms with van der Waals surface area (Å²) >= 11 is 0. The molecule has 0 unspecified atom stereocenters. The zero-order valence-corrected chi connectivity index (χ0v) is 24.4. The fraction of sp³-hybridized carbons (Fsp3) is 0.105. The quantitative estimate of drug-likeness (QED) is 0.122. The highest BCUT2D eigenvalue weighted by molar-refractivity contribution is 6.22. The van der Waals surface area contributed by atoms with E-state index < -0.39 is 11.5 Å². The van der Waals surface area contributed by atoms with Crippen molar-refractivity contribution in [1.82, 2.24) is 4.98 Å². The molecule has 6 aromatic rings. The zero-order valence-electron chi connectivity index (χ0n) is 24.4. The van der Waals surface area contributed by atoms with Gasteiger partial charge in [-0.05, 0) is 53.8 Å². The lowest BCUT2D eigenvalue weighted by atomic mass is 9.80. The van der Waals surface area contributed by atoms with Crippen molar-refractivity contribution in [2.24, 2.45) is 10.7 Å². The normalized spacial score (nSPS) is 11.9. The maximum atomic E-state index is 12.1. The summed E-state index contributed by atoms with van der Waals surface area (Å²) < 4.78 is 4.87. The van der Waals surface area contributed by atoms with Crippen LogP contribution in [0, 0.1) is 0 Å². The molecule has 4 N–H and O–H groups in total. The van der Waals surface area contributed by atoms with Crippen molar-refractivity contribution in [2.45, 2.75) is 18.4 Å². The van der Waals surface area contributed by atoms with Crippen molar-refractivity contribution >= 4 is 28.3 Å². The third-order valence-electron chi connectivity index (χ3n) is 7.89. The van der Waals surface area contributed by atoms with Crippen LogP contribution in [0.2, 0.25) is 0 Å². The molecule has 44 heavy (non-hydrogen) atoms. The van der Waals surface area contributed by atoms with Crippen molar-refractivity contribution in [1.29, 1.82) is 0 Å². The van der Waals surface area contributed by atoms with Crippen LogP contribution in [0.4, 0.5) is 5.69 Å². The number of hydrogen-bond donors (Lipinski definition) is 3. The van der Waals surface area contributed by atoms with Gasteiger partial charge in [0.2, 0.25) is 0 Å². The second kappa shape index (κ2) is 12.4. The van der Waals surface area contributed by atoms with Crippen LogP contribution in [0.3, 0.4) is 0 Å². The van der Waals surface area contributed by atoms with Gasteiger partial charge in [-0.3, -0.25) is 0 Å². The number of nitrogens with one attached hydrogen (secondary N) is 1. The van der Waals surface area contributed by atoms with Crippen molar-refractivity contribution in [3.8, 4) is 5.88 Å². The lowest BCUT2D eigenvalue weighted by molar-refractivity contribution is 0.0601. The summed E-state index contributed by atoms with van der Waals surface area (Å²) in [4.78, 5) is 20.2. The molecular formula is C38H33N3O3. The number of fused-ring (bicyclic) bond motifs is 1. The Balaban J connectivity index is 1.41. The number of hydrogen-bond acceptors (Lipinski definition) is 5. The third-order valence-corrected chi connectivity index (χ3v) is 7.89. The monoisotopic (exact) mass is 579 g/mol. The molecule has 6 heteroatoms. The lowest BCUT2D eigenvalue weighted by Crippen LogP contribution is -2.41. The highest BCUT2D eigenvalue weighted by atomic mass is 16.5. The van der Waals surface area contributed by atoms with Gasteiger partial charge < -0.3 is 20.6 Å². The number of ether oxygens (including phenoxy) is 1. The fourth-order valence-corrected chi connectivity index (χ4v) is 5.71. The molecule has 0 amide bonds. The number of benzene rings is 5. The molecule has 0 radical (unpaired) electrons. The summed E-state index contributed by atoms with van der Waals surface area (Å²) in [5, 5.41) is 11.8. The van der Waals surface area contributed by atoms with Gasteiger partial charge in [-0.15, -0.1) is 0 Å². The van der Waals surface area contributed by atoms with Crippen LogP contribution in [0.1, 0.15) is 38.2 Å². The van der Waals surface area contributed by atoms with Crippen molar-refractivity contribution in [2.75, 3.05) is 7.11 Å². The van der Waals surface area contributed by atoms with E-state index in [2.05, 4.69) is 29.2 Å². The van der Waals surface area contributed by atoms with Crippen LogP contribution in [0.15, 0.2) is 138 Å². The average molecular weight is 580 g/mol. The van der Waals surface area contributed by atoms with Gasteiger partial charge >= 0.3 is 5.97 Å². The van der Waals surface area contributed by atoms with Crippen LogP contribution >= 0.6 is 0 Å². The van der Waals surface area contributed by atoms with E-state index in [1.165, 1.54) is 18.2 Å². The van der Waals surface area contributed by atoms with Crippen molar-refractivity contribution < 1.29 is 14.6 Å². The van der Waals surface area contributed by atoms with Crippen LogP contribution in [-0.4, -0.2) is 28.9 Å². The van der Waals surface area contributed by atoms with E-state index in [0.717, 1.165) is 16.5 Å². The van der Waals surface area contributed by atoms with Gasteiger partial charge in [-0.25, -0.2) is 9.79 Å². The number of nitrogens with zero attached hydrogens (tertiary/aromatic N) is 1. The Bertz CT molecular complexity index is 1870. The molecule has 5 aromatic carbocycles. The number of carbonyl (C=O) groups is 1. The van der Waals surface area contributed by atoms with Crippen LogP contribution in [-0.2, 0) is 23.1 Å². The van der Waals surface area contributed by atoms with E-state index in [4.69, 9.17) is 15.5 Å². The Morgan fingerprint density at radius 3 is 1.91 bits per heavy atom. The fourth-order valence-electron chi connectivity index (χ4n) is 5.71. The molecule has 0 saturated carbocycles. The van der Waals surface area contributed by atoms with Gasteiger partial charge in [-0.1, -0.05) is 109 Å². The number of aliphatic imine (C=N–C) groups is 1. The Morgan fingerprint density at radius 1 is 0.773 bits per heavy atom. The molecule has 218 valence electrons. The molecule has 0 aliphatic rings. The highest BCUT2D eigenvalue weighted by Crippen LogP contribution is 2.34. The standard InChI is InChI=1S/C38H33N3O3/c1-44-37(43)29-17-22-32-33(23-29)41-36(42)34(32)35(28-15-9-4-10-16-28)40-31-20-18-30(19-21-31)38(39,24-26-11-5-2-6-12-26)25-27-13-7-3-8-14-27/h2-23,41-42H,24-25,39H2,1H3. The summed E-state index contributed by atoms with van der Waals surface area (Å²) in [7, 11) is 1.34. The molecule has 6 rings (SSSR count). The predicted molar refractivity (Wildman–Crippen MR) is 176 cm³/mol. The number of aromatic nitrogens is 1.